The number of benzene rings is 3. The molecule has 0 aromatic heterocycles. The van der Waals surface area contributed by atoms with Crippen LogP contribution in [-0.4, -0.2) is 18.7 Å². The van der Waals surface area contributed by atoms with Gasteiger partial charge in [0.2, 0.25) is 5.91 Å². The average Bonchev–Trinajstić information content (AvgIpc) is 2.78. The SMILES string of the molecule is CCOc1cc(/C=N\NC(=O)CCc2ccccc2)ccc1OCc1cccc(Cl)c1. The van der Waals surface area contributed by atoms with Crippen LogP contribution in [0.1, 0.15) is 30.0 Å². The van der Waals surface area contributed by atoms with E-state index in [1.807, 2.05) is 79.7 Å². The van der Waals surface area contributed by atoms with E-state index in [2.05, 4.69) is 10.5 Å². The molecule has 1 N–H and O–H groups in total. The van der Waals surface area contributed by atoms with Crippen molar-refractivity contribution in [2.75, 3.05) is 6.61 Å². The number of halogens is 1. The molecule has 0 aliphatic rings. The zero-order chi connectivity index (χ0) is 21.9. The van der Waals surface area contributed by atoms with E-state index >= 15 is 0 Å². The zero-order valence-electron chi connectivity index (χ0n) is 17.4. The van der Waals surface area contributed by atoms with Crippen molar-refractivity contribution in [1.29, 1.82) is 0 Å². The quantitative estimate of drug-likeness (QED) is 0.342. The van der Waals surface area contributed by atoms with Crippen LogP contribution in [0.3, 0.4) is 0 Å². The third-order valence-electron chi connectivity index (χ3n) is 4.44. The van der Waals surface area contributed by atoms with Crippen LogP contribution in [0, 0.1) is 0 Å². The minimum atomic E-state index is -0.133. The van der Waals surface area contributed by atoms with Gasteiger partial charge in [0.1, 0.15) is 6.61 Å². The zero-order valence-corrected chi connectivity index (χ0v) is 18.1. The van der Waals surface area contributed by atoms with Crippen LogP contribution in [0.25, 0.3) is 0 Å². The normalized spacial score (nSPS) is 10.8. The molecule has 0 unspecified atom stereocenters. The van der Waals surface area contributed by atoms with Crippen molar-refractivity contribution < 1.29 is 14.3 Å². The van der Waals surface area contributed by atoms with Gasteiger partial charge in [-0.2, -0.15) is 5.10 Å². The third-order valence-corrected chi connectivity index (χ3v) is 4.67. The highest BCUT2D eigenvalue weighted by Gasteiger charge is 2.07. The van der Waals surface area contributed by atoms with Gasteiger partial charge in [-0.25, -0.2) is 5.43 Å². The van der Waals surface area contributed by atoms with Gasteiger partial charge in [0, 0.05) is 11.4 Å². The number of hydrogen-bond donors (Lipinski definition) is 1. The molecule has 0 bridgehead atoms. The Bertz CT molecular complexity index is 1020. The summed E-state index contributed by atoms with van der Waals surface area (Å²) in [6.45, 7) is 2.80. The molecule has 3 aromatic carbocycles. The van der Waals surface area contributed by atoms with Crippen molar-refractivity contribution in [3.8, 4) is 11.5 Å². The molecule has 160 valence electrons. The van der Waals surface area contributed by atoms with E-state index in [9.17, 15) is 4.79 Å². The van der Waals surface area contributed by atoms with Crippen LogP contribution in [0.2, 0.25) is 5.02 Å². The number of amides is 1. The fraction of sp³-hybridized carbons (Fsp3) is 0.200. The predicted octanol–water partition coefficient (Wildman–Crippen LogP) is 5.40. The first kappa shape index (κ1) is 22.4. The largest absolute Gasteiger partial charge is 0.490 e. The third kappa shape index (κ3) is 7.46. The fourth-order valence-corrected chi connectivity index (χ4v) is 3.13. The van der Waals surface area contributed by atoms with Crippen molar-refractivity contribution in [1.82, 2.24) is 5.43 Å². The second-order valence-corrected chi connectivity index (χ2v) is 7.27. The molecular formula is C25H25ClN2O3. The Morgan fingerprint density at radius 2 is 1.77 bits per heavy atom. The van der Waals surface area contributed by atoms with Crippen LogP contribution >= 0.6 is 11.6 Å². The van der Waals surface area contributed by atoms with Crippen molar-refractivity contribution in [3.63, 3.8) is 0 Å². The Morgan fingerprint density at radius 3 is 2.55 bits per heavy atom. The maximum atomic E-state index is 12.0. The first-order chi connectivity index (χ1) is 15.1. The Labute approximate surface area is 187 Å². The average molecular weight is 437 g/mol. The summed E-state index contributed by atoms with van der Waals surface area (Å²) in [5, 5.41) is 4.72. The highest BCUT2D eigenvalue weighted by Crippen LogP contribution is 2.29. The summed E-state index contributed by atoms with van der Waals surface area (Å²) in [5.41, 5.74) is 5.45. The van der Waals surface area contributed by atoms with Crippen molar-refractivity contribution in [2.45, 2.75) is 26.4 Å². The number of ether oxygens (including phenoxy) is 2. The lowest BCUT2D eigenvalue weighted by Gasteiger charge is -2.12. The summed E-state index contributed by atoms with van der Waals surface area (Å²) in [6.07, 6.45) is 2.64. The maximum absolute atomic E-state index is 12.0. The summed E-state index contributed by atoms with van der Waals surface area (Å²) in [5.74, 6) is 1.11. The molecule has 0 fully saturated rings. The summed E-state index contributed by atoms with van der Waals surface area (Å²) >= 11 is 6.03. The summed E-state index contributed by atoms with van der Waals surface area (Å²) in [4.78, 5) is 12.0. The van der Waals surface area contributed by atoms with Gasteiger partial charge in [-0.3, -0.25) is 4.79 Å². The van der Waals surface area contributed by atoms with Crippen molar-refractivity contribution in [3.05, 3.63) is 94.5 Å². The lowest BCUT2D eigenvalue weighted by atomic mass is 10.1. The monoisotopic (exact) mass is 436 g/mol. The molecule has 0 atom stereocenters. The molecule has 3 aromatic rings. The van der Waals surface area contributed by atoms with E-state index in [1.54, 1.807) is 6.21 Å². The summed E-state index contributed by atoms with van der Waals surface area (Å²) in [7, 11) is 0. The smallest absolute Gasteiger partial charge is 0.240 e. The number of nitrogens with one attached hydrogen (secondary N) is 1. The number of nitrogens with zero attached hydrogens (tertiary/aromatic N) is 1. The molecule has 0 aliphatic heterocycles. The first-order valence-corrected chi connectivity index (χ1v) is 10.5. The number of aryl methyl sites for hydroxylation is 1. The molecule has 0 aliphatic carbocycles. The van der Waals surface area contributed by atoms with E-state index in [0.29, 0.717) is 42.6 Å². The minimum Gasteiger partial charge on any atom is -0.490 e. The van der Waals surface area contributed by atoms with E-state index in [0.717, 1.165) is 16.7 Å². The summed E-state index contributed by atoms with van der Waals surface area (Å²) < 4.78 is 11.6. The minimum absolute atomic E-state index is 0.133. The topological polar surface area (TPSA) is 59.9 Å². The van der Waals surface area contributed by atoms with Crippen LogP contribution in [0.15, 0.2) is 77.9 Å². The molecule has 31 heavy (non-hydrogen) atoms. The van der Waals surface area contributed by atoms with E-state index < -0.39 is 0 Å². The standard InChI is InChI=1S/C25H25ClN2O3/c1-2-30-24-16-20(11-13-23(24)31-18-21-9-6-10-22(26)15-21)17-27-28-25(29)14-12-19-7-4-3-5-8-19/h3-11,13,15-17H,2,12,14,18H2,1H3,(H,28,29)/b27-17-. The van der Waals surface area contributed by atoms with Gasteiger partial charge in [0.05, 0.1) is 12.8 Å². The lowest BCUT2D eigenvalue weighted by molar-refractivity contribution is -0.121. The highest BCUT2D eigenvalue weighted by molar-refractivity contribution is 6.30. The van der Waals surface area contributed by atoms with Crippen LogP contribution < -0.4 is 14.9 Å². The van der Waals surface area contributed by atoms with E-state index in [1.165, 1.54) is 0 Å². The Kier molecular flexibility index (Phi) is 8.49. The van der Waals surface area contributed by atoms with Crippen molar-refractivity contribution in [2.24, 2.45) is 5.10 Å². The molecule has 0 spiro atoms. The molecular weight excluding hydrogens is 412 g/mol. The van der Waals surface area contributed by atoms with Gasteiger partial charge in [-0.15, -0.1) is 0 Å². The van der Waals surface area contributed by atoms with Crippen LogP contribution in [0.5, 0.6) is 11.5 Å². The lowest BCUT2D eigenvalue weighted by Crippen LogP contribution is -2.17. The van der Waals surface area contributed by atoms with Gasteiger partial charge in [-0.05, 0) is 60.4 Å². The van der Waals surface area contributed by atoms with E-state index in [-0.39, 0.29) is 5.91 Å². The molecule has 3 rings (SSSR count). The highest BCUT2D eigenvalue weighted by atomic mass is 35.5. The number of rotatable bonds is 10. The first-order valence-electron chi connectivity index (χ1n) is 10.1. The molecule has 6 heteroatoms. The van der Waals surface area contributed by atoms with Gasteiger partial charge < -0.3 is 9.47 Å². The number of carbonyl (C=O) groups excluding carboxylic acids is 1. The number of hydrogen-bond acceptors (Lipinski definition) is 4. The molecule has 5 nitrogen and oxygen atoms in total. The van der Waals surface area contributed by atoms with Gasteiger partial charge in [-0.1, -0.05) is 54.1 Å². The van der Waals surface area contributed by atoms with Gasteiger partial charge in [0.15, 0.2) is 11.5 Å². The van der Waals surface area contributed by atoms with Crippen LogP contribution in [0.4, 0.5) is 0 Å². The Hall–Kier alpha value is -3.31. The fourth-order valence-electron chi connectivity index (χ4n) is 2.92. The van der Waals surface area contributed by atoms with Crippen molar-refractivity contribution >= 4 is 23.7 Å². The molecule has 1 amide bonds. The van der Waals surface area contributed by atoms with E-state index in [4.69, 9.17) is 21.1 Å². The molecule has 0 saturated carbocycles. The molecule has 0 radical (unpaired) electrons. The number of carbonyl (C=O) groups is 1. The predicted molar refractivity (Wildman–Crippen MR) is 124 cm³/mol. The molecule has 0 saturated heterocycles. The second-order valence-electron chi connectivity index (χ2n) is 6.84. The molecule has 0 heterocycles. The van der Waals surface area contributed by atoms with Gasteiger partial charge >= 0.3 is 0 Å². The second kappa shape index (κ2) is 11.8. The maximum Gasteiger partial charge on any atom is 0.240 e. The summed E-state index contributed by atoms with van der Waals surface area (Å²) in [6, 6.07) is 22.9. The Morgan fingerprint density at radius 1 is 0.968 bits per heavy atom. The van der Waals surface area contributed by atoms with Crippen LogP contribution in [-0.2, 0) is 17.8 Å². The van der Waals surface area contributed by atoms with Gasteiger partial charge in [0.25, 0.3) is 0 Å². The number of hydrazone groups is 1. The Balaban J connectivity index is 1.55.